The van der Waals surface area contributed by atoms with E-state index >= 15 is 0 Å². The molecule has 1 aromatic heterocycles. The first-order chi connectivity index (χ1) is 6.75. The molecule has 2 heterocycles. The van der Waals surface area contributed by atoms with Crippen LogP contribution in [0.25, 0.3) is 6.08 Å². The highest BCUT2D eigenvalue weighted by Crippen LogP contribution is 2.18. The van der Waals surface area contributed by atoms with Crippen LogP contribution in [0.3, 0.4) is 0 Å². The summed E-state index contributed by atoms with van der Waals surface area (Å²) in [6.45, 7) is 4.26. The van der Waals surface area contributed by atoms with Gasteiger partial charge in [-0.3, -0.25) is 0 Å². The number of nitrogens with zero attached hydrogens (tertiary/aromatic N) is 2. The maximum absolute atomic E-state index is 4.91. The molecule has 0 aromatic carbocycles. The third-order valence-electron chi connectivity index (χ3n) is 2.66. The second-order valence-electron chi connectivity index (χ2n) is 4.00. The molecule has 1 saturated heterocycles. The van der Waals surface area contributed by atoms with Gasteiger partial charge in [0.15, 0.2) is 0 Å². The van der Waals surface area contributed by atoms with Crippen molar-refractivity contribution in [1.29, 1.82) is 0 Å². The minimum absolute atomic E-state index is 0.978. The van der Waals surface area contributed by atoms with E-state index in [-0.39, 0.29) is 0 Å². The number of rotatable bonds is 1. The number of aryl methyl sites for hydroxylation is 1. The van der Waals surface area contributed by atoms with Gasteiger partial charge < -0.3 is 9.42 Å². The standard InChI is InChI=1S/C11H16N2O/c1-9-11(8-14-12-9)6-10-4-3-5-13(2)7-10/h6,8H,3-5,7H2,1-2H3. The minimum Gasteiger partial charge on any atom is -0.364 e. The first kappa shape index (κ1) is 9.46. The normalized spacial score (nSPS) is 21.7. The van der Waals surface area contributed by atoms with Crippen LogP contribution < -0.4 is 0 Å². The monoisotopic (exact) mass is 192 g/mol. The van der Waals surface area contributed by atoms with Crippen molar-refractivity contribution in [1.82, 2.24) is 10.1 Å². The molecule has 0 amide bonds. The van der Waals surface area contributed by atoms with E-state index in [1.165, 1.54) is 25.0 Å². The van der Waals surface area contributed by atoms with Gasteiger partial charge in [0.25, 0.3) is 0 Å². The molecule has 0 atom stereocenters. The quantitative estimate of drug-likeness (QED) is 0.682. The number of aromatic nitrogens is 1. The molecule has 76 valence electrons. The molecule has 14 heavy (non-hydrogen) atoms. The van der Waals surface area contributed by atoms with Crippen molar-refractivity contribution in [3.05, 3.63) is 23.1 Å². The predicted molar refractivity (Wildman–Crippen MR) is 55.9 cm³/mol. The molecule has 1 fully saturated rings. The fourth-order valence-electron chi connectivity index (χ4n) is 1.86. The number of hydrogen-bond donors (Lipinski definition) is 0. The van der Waals surface area contributed by atoms with E-state index in [0.29, 0.717) is 0 Å². The van der Waals surface area contributed by atoms with Crippen LogP contribution in [-0.2, 0) is 0 Å². The van der Waals surface area contributed by atoms with Crippen molar-refractivity contribution in [2.24, 2.45) is 0 Å². The van der Waals surface area contributed by atoms with Crippen LogP contribution in [0, 0.1) is 6.92 Å². The van der Waals surface area contributed by atoms with Gasteiger partial charge in [-0.2, -0.15) is 0 Å². The van der Waals surface area contributed by atoms with Crippen LogP contribution in [0.15, 0.2) is 16.4 Å². The first-order valence-corrected chi connectivity index (χ1v) is 5.04. The number of likely N-dealkylation sites (tertiary alicyclic amines) is 1. The third kappa shape index (κ3) is 2.04. The number of likely N-dealkylation sites (N-methyl/N-ethyl adjacent to an activating group) is 1. The summed E-state index contributed by atoms with van der Waals surface area (Å²) in [7, 11) is 2.16. The Bertz CT molecular complexity index is 341. The molecule has 3 heteroatoms. The fourth-order valence-corrected chi connectivity index (χ4v) is 1.86. The Kier molecular flexibility index (Phi) is 2.68. The smallest absolute Gasteiger partial charge is 0.131 e. The molecule has 0 radical (unpaired) electrons. The Morgan fingerprint density at radius 1 is 1.57 bits per heavy atom. The van der Waals surface area contributed by atoms with Crippen molar-refractivity contribution in [2.45, 2.75) is 19.8 Å². The van der Waals surface area contributed by atoms with Gasteiger partial charge in [-0.25, -0.2) is 0 Å². The van der Waals surface area contributed by atoms with E-state index in [0.717, 1.165) is 17.8 Å². The van der Waals surface area contributed by atoms with Gasteiger partial charge in [0.1, 0.15) is 6.26 Å². The van der Waals surface area contributed by atoms with Gasteiger partial charge >= 0.3 is 0 Å². The molecule has 1 aliphatic heterocycles. The maximum atomic E-state index is 4.91. The van der Waals surface area contributed by atoms with Crippen LogP contribution in [0.4, 0.5) is 0 Å². The lowest BCUT2D eigenvalue weighted by atomic mass is 10.0. The maximum Gasteiger partial charge on any atom is 0.131 e. The Hall–Kier alpha value is -1.09. The first-order valence-electron chi connectivity index (χ1n) is 5.04. The average Bonchev–Trinajstić information content (AvgIpc) is 2.52. The predicted octanol–water partition coefficient (Wildman–Crippen LogP) is 2.09. The van der Waals surface area contributed by atoms with Gasteiger partial charge in [-0.15, -0.1) is 0 Å². The highest BCUT2D eigenvalue weighted by Gasteiger charge is 2.10. The van der Waals surface area contributed by atoms with E-state index < -0.39 is 0 Å². The van der Waals surface area contributed by atoms with Crippen LogP contribution in [-0.4, -0.2) is 30.2 Å². The van der Waals surface area contributed by atoms with E-state index in [2.05, 4.69) is 23.2 Å². The second-order valence-corrected chi connectivity index (χ2v) is 4.00. The van der Waals surface area contributed by atoms with Gasteiger partial charge in [0.2, 0.25) is 0 Å². The van der Waals surface area contributed by atoms with Crippen molar-refractivity contribution in [3.8, 4) is 0 Å². The highest BCUT2D eigenvalue weighted by atomic mass is 16.5. The number of hydrogen-bond acceptors (Lipinski definition) is 3. The zero-order valence-electron chi connectivity index (χ0n) is 8.79. The Morgan fingerprint density at radius 3 is 3.07 bits per heavy atom. The third-order valence-corrected chi connectivity index (χ3v) is 2.66. The minimum atomic E-state index is 0.978. The fraction of sp³-hybridized carbons (Fsp3) is 0.545. The SMILES string of the molecule is Cc1nocc1C=C1CCCN(C)C1. The molecule has 1 aromatic rings. The topological polar surface area (TPSA) is 29.3 Å². The van der Waals surface area contributed by atoms with Crippen LogP contribution >= 0.6 is 0 Å². The summed E-state index contributed by atoms with van der Waals surface area (Å²) < 4.78 is 4.91. The lowest BCUT2D eigenvalue weighted by molar-refractivity contribution is 0.324. The van der Waals surface area contributed by atoms with E-state index in [1.54, 1.807) is 6.26 Å². The molecule has 0 spiro atoms. The molecule has 0 bridgehead atoms. The van der Waals surface area contributed by atoms with Gasteiger partial charge in [-0.05, 0) is 39.4 Å². The molecule has 0 N–H and O–H groups in total. The summed E-state index contributed by atoms with van der Waals surface area (Å²) in [6, 6.07) is 0. The average molecular weight is 192 g/mol. The zero-order chi connectivity index (χ0) is 9.97. The van der Waals surface area contributed by atoms with E-state index in [9.17, 15) is 0 Å². The van der Waals surface area contributed by atoms with Crippen molar-refractivity contribution < 1.29 is 4.52 Å². The molecule has 0 saturated carbocycles. The summed E-state index contributed by atoms with van der Waals surface area (Å²) in [5, 5.41) is 3.87. The molecule has 0 aliphatic carbocycles. The summed E-state index contributed by atoms with van der Waals surface area (Å²) in [6.07, 6.45) is 6.39. The van der Waals surface area contributed by atoms with Crippen LogP contribution in [0.1, 0.15) is 24.1 Å². The summed E-state index contributed by atoms with van der Waals surface area (Å²) >= 11 is 0. The molecule has 3 nitrogen and oxygen atoms in total. The molecular weight excluding hydrogens is 176 g/mol. The van der Waals surface area contributed by atoms with Gasteiger partial charge in [0.05, 0.1) is 5.69 Å². The van der Waals surface area contributed by atoms with Crippen LogP contribution in [0.2, 0.25) is 0 Å². The van der Waals surface area contributed by atoms with Crippen molar-refractivity contribution in [3.63, 3.8) is 0 Å². The summed E-state index contributed by atoms with van der Waals surface area (Å²) in [5.41, 5.74) is 3.58. The molecular formula is C11H16N2O. The Balaban J connectivity index is 2.14. The van der Waals surface area contributed by atoms with Crippen LogP contribution in [0.5, 0.6) is 0 Å². The van der Waals surface area contributed by atoms with Crippen molar-refractivity contribution >= 4 is 6.08 Å². The van der Waals surface area contributed by atoms with E-state index in [4.69, 9.17) is 4.52 Å². The largest absolute Gasteiger partial charge is 0.364 e. The molecule has 1 aliphatic rings. The summed E-state index contributed by atoms with van der Waals surface area (Å²) in [4.78, 5) is 2.35. The molecule has 2 rings (SSSR count). The lowest BCUT2D eigenvalue weighted by Crippen LogP contribution is -2.26. The van der Waals surface area contributed by atoms with E-state index in [1.807, 2.05) is 6.92 Å². The number of piperidine rings is 1. The zero-order valence-corrected chi connectivity index (χ0v) is 8.79. The Labute approximate surface area is 84.4 Å². The Morgan fingerprint density at radius 2 is 2.43 bits per heavy atom. The second kappa shape index (κ2) is 3.96. The van der Waals surface area contributed by atoms with Crippen molar-refractivity contribution in [2.75, 3.05) is 20.1 Å². The summed E-state index contributed by atoms with van der Waals surface area (Å²) in [5.74, 6) is 0. The van der Waals surface area contributed by atoms with Gasteiger partial charge in [-0.1, -0.05) is 10.7 Å². The lowest BCUT2D eigenvalue weighted by Gasteiger charge is -2.24. The molecule has 0 unspecified atom stereocenters. The highest BCUT2D eigenvalue weighted by molar-refractivity contribution is 5.54. The van der Waals surface area contributed by atoms with Gasteiger partial charge in [0, 0.05) is 12.1 Å².